The second-order valence-electron chi connectivity index (χ2n) is 3.09. The van der Waals surface area contributed by atoms with Gasteiger partial charge in [-0.25, -0.2) is 0 Å². The van der Waals surface area contributed by atoms with E-state index in [9.17, 15) is 5.11 Å². The molecule has 3 heteroatoms. The zero-order valence-electron chi connectivity index (χ0n) is 8.63. The number of hydrogen-bond donors (Lipinski definition) is 2. The van der Waals surface area contributed by atoms with Crippen molar-refractivity contribution in [2.24, 2.45) is 0 Å². The summed E-state index contributed by atoms with van der Waals surface area (Å²) in [6.45, 7) is 2.82. The normalized spacial score (nSPS) is 11.7. The van der Waals surface area contributed by atoms with Gasteiger partial charge in [0.25, 0.3) is 0 Å². The van der Waals surface area contributed by atoms with E-state index in [0.717, 1.165) is 5.56 Å². The third-order valence-electron chi connectivity index (χ3n) is 1.99. The molecule has 0 saturated carbocycles. The molecule has 0 amide bonds. The largest absolute Gasteiger partial charge is 0.387 e. The summed E-state index contributed by atoms with van der Waals surface area (Å²) in [5.74, 6) is 5.64. The molecule has 80 valence electrons. The molecule has 1 atom stereocenters. The molecule has 0 radical (unpaired) electrons. The van der Waals surface area contributed by atoms with Gasteiger partial charge in [-0.1, -0.05) is 35.7 Å². The van der Waals surface area contributed by atoms with E-state index < -0.39 is 6.10 Å². The lowest BCUT2D eigenvalue weighted by atomic mass is 10.1. The molecule has 0 aliphatic heterocycles. The van der Waals surface area contributed by atoms with Gasteiger partial charge in [-0.3, -0.25) is 0 Å². The number of aliphatic hydroxyl groups is 1. The summed E-state index contributed by atoms with van der Waals surface area (Å²) < 4.78 is 0. The van der Waals surface area contributed by atoms with E-state index in [1.54, 1.807) is 13.0 Å². The topological polar surface area (TPSA) is 32.3 Å². The Hall–Kier alpha value is -1.01. The molecule has 1 aromatic carbocycles. The zero-order valence-corrected chi connectivity index (χ0v) is 9.38. The lowest BCUT2D eigenvalue weighted by Gasteiger charge is -2.12. The summed E-state index contributed by atoms with van der Waals surface area (Å²) in [6, 6.07) is 7.29. The summed E-state index contributed by atoms with van der Waals surface area (Å²) >= 11 is 5.94. The molecule has 0 spiro atoms. The molecular weight excluding hydrogens is 210 g/mol. The van der Waals surface area contributed by atoms with Crippen molar-refractivity contribution in [1.82, 2.24) is 5.32 Å². The fourth-order valence-corrected chi connectivity index (χ4v) is 1.48. The van der Waals surface area contributed by atoms with Gasteiger partial charge in [0.15, 0.2) is 0 Å². The first kappa shape index (κ1) is 12.1. The van der Waals surface area contributed by atoms with E-state index in [0.29, 0.717) is 18.1 Å². The van der Waals surface area contributed by atoms with Crippen LogP contribution in [0.25, 0.3) is 0 Å². The van der Waals surface area contributed by atoms with Gasteiger partial charge in [0, 0.05) is 17.1 Å². The standard InChI is InChI=1S/C12H14ClNO/c1-2-3-8-14-9-12(15)10-6-4-5-7-11(10)13/h4-7,12,14-15H,8-9H2,1H3. The Bertz CT molecular complexity index is 367. The minimum absolute atomic E-state index is 0.457. The molecule has 1 aromatic rings. The molecule has 0 aromatic heterocycles. The summed E-state index contributed by atoms with van der Waals surface area (Å²) in [5.41, 5.74) is 0.746. The first-order valence-electron chi connectivity index (χ1n) is 4.78. The van der Waals surface area contributed by atoms with Crippen LogP contribution in [0.1, 0.15) is 18.6 Å². The van der Waals surface area contributed by atoms with E-state index in [4.69, 9.17) is 11.6 Å². The maximum Gasteiger partial charge on any atom is 0.0929 e. The highest BCUT2D eigenvalue weighted by Gasteiger charge is 2.09. The molecule has 0 fully saturated rings. The lowest BCUT2D eigenvalue weighted by Crippen LogP contribution is -2.21. The van der Waals surface area contributed by atoms with Gasteiger partial charge < -0.3 is 10.4 Å². The van der Waals surface area contributed by atoms with Crippen LogP contribution in [-0.4, -0.2) is 18.2 Å². The van der Waals surface area contributed by atoms with Gasteiger partial charge in [0.1, 0.15) is 0 Å². The smallest absolute Gasteiger partial charge is 0.0929 e. The van der Waals surface area contributed by atoms with Gasteiger partial charge in [-0.05, 0) is 13.0 Å². The van der Waals surface area contributed by atoms with Crippen molar-refractivity contribution in [2.45, 2.75) is 13.0 Å². The molecule has 0 bridgehead atoms. The van der Waals surface area contributed by atoms with Gasteiger partial charge in [-0.15, -0.1) is 5.92 Å². The number of halogens is 1. The Balaban J connectivity index is 2.49. The number of nitrogens with one attached hydrogen (secondary N) is 1. The number of aliphatic hydroxyl groups excluding tert-OH is 1. The molecule has 15 heavy (non-hydrogen) atoms. The van der Waals surface area contributed by atoms with Gasteiger partial charge in [0.2, 0.25) is 0 Å². The van der Waals surface area contributed by atoms with Crippen LogP contribution >= 0.6 is 11.6 Å². The van der Waals surface area contributed by atoms with Gasteiger partial charge in [-0.2, -0.15) is 0 Å². The Morgan fingerprint density at radius 3 is 2.87 bits per heavy atom. The minimum atomic E-state index is -0.586. The van der Waals surface area contributed by atoms with Gasteiger partial charge in [0.05, 0.1) is 12.6 Å². The third kappa shape index (κ3) is 3.93. The van der Waals surface area contributed by atoms with Crippen LogP contribution in [-0.2, 0) is 0 Å². The number of benzene rings is 1. The monoisotopic (exact) mass is 223 g/mol. The van der Waals surface area contributed by atoms with Crippen molar-refractivity contribution in [3.8, 4) is 11.8 Å². The number of rotatable bonds is 4. The van der Waals surface area contributed by atoms with Gasteiger partial charge >= 0.3 is 0 Å². The fraction of sp³-hybridized carbons (Fsp3) is 0.333. The minimum Gasteiger partial charge on any atom is -0.387 e. The first-order chi connectivity index (χ1) is 7.25. The SMILES string of the molecule is CC#CCNCC(O)c1ccccc1Cl. The molecule has 0 heterocycles. The Morgan fingerprint density at radius 2 is 2.20 bits per heavy atom. The molecular formula is C12H14ClNO. The second-order valence-corrected chi connectivity index (χ2v) is 3.50. The quantitative estimate of drug-likeness (QED) is 0.605. The van der Waals surface area contributed by atoms with Crippen LogP contribution in [0, 0.1) is 11.8 Å². The average molecular weight is 224 g/mol. The van der Waals surface area contributed by atoms with E-state index in [2.05, 4.69) is 17.2 Å². The summed E-state index contributed by atoms with van der Waals surface area (Å²) in [5, 5.41) is 13.4. The second kappa shape index (κ2) is 6.47. The van der Waals surface area contributed by atoms with Crippen molar-refractivity contribution >= 4 is 11.6 Å². The van der Waals surface area contributed by atoms with E-state index in [1.165, 1.54) is 0 Å². The van der Waals surface area contributed by atoms with Crippen molar-refractivity contribution in [1.29, 1.82) is 0 Å². The molecule has 0 aliphatic rings. The van der Waals surface area contributed by atoms with Crippen molar-refractivity contribution in [3.05, 3.63) is 34.9 Å². The van der Waals surface area contributed by atoms with Crippen molar-refractivity contribution in [3.63, 3.8) is 0 Å². The third-order valence-corrected chi connectivity index (χ3v) is 2.34. The Labute approximate surface area is 95.3 Å². The first-order valence-corrected chi connectivity index (χ1v) is 5.16. The van der Waals surface area contributed by atoms with Crippen LogP contribution in [0.3, 0.4) is 0 Å². The predicted molar refractivity (Wildman–Crippen MR) is 62.7 cm³/mol. The fourth-order valence-electron chi connectivity index (χ4n) is 1.22. The van der Waals surface area contributed by atoms with E-state index in [-0.39, 0.29) is 0 Å². The summed E-state index contributed by atoms with van der Waals surface area (Å²) in [6.07, 6.45) is -0.586. The highest BCUT2D eigenvalue weighted by atomic mass is 35.5. The summed E-state index contributed by atoms with van der Waals surface area (Å²) in [4.78, 5) is 0. The molecule has 0 saturated heterocycles. The average Bonchev–Trinajstić information content (AvgIpc) is 2.25. The van der Waals surface area contributed by atoms with E-state index in [1.807, 2.05) is 18.2 Å². The van der Waals surface area contributed by atoms with Crippen LogP contribution in [0.15, 0.2) is 24.3 Å². The van der Waals surface area contributed by atoms with Crippen LogP contribution in [0.5, 0.6) is 0 Å². The zero-order chi connectivity index (χ0) is 11.1. The molecule has 0 aliphatic carbocycles. The lowest BCUT2D eigenvalue weighted by molar-refractivity contribution is 0.176. The van der Waals surface area contributed by atoms with Crippen LogP contribution < -0.4 is 5.32 Å². The maximum absolute atomic E-state index is 9.81. The highest BCUT2D eigenvalue weighted by Crippen LogP contribution is 2.21. The highest BCUT2D eigenvalue weighted by molar-refractivity contribution is 6.31. The number of hydrogen-bond acceptors (Lipinski definition) is 2. The van der Waals surface area contributed by atoms with Crippen molar-refractivity contribution < 1.29 is 5.11 Å². The van der Waals surface area contributed by atoms with Crippen LogP contribution in [0.2, 0.25) is 5.02 Å². The molecule has 2 nitrogen and oxygen atoms in total. The molecule has 2 N–H and O–H groups in total. The van der Waals surface area contributed by atoms with Crippen LogP contribution in [0.4, 0.5) is 0 Å². The van der Waals surface area contributed by atoms with Crippen molar-refractivity contribution in [2.75, 3.05) is 13.1 Å². The molecule has 1 unspecified atom stereocenters. The summed E-state index contributed by atoms with van der Waals surface area (Å²) in [7, 11) is 0. The maximum atomic E-state index is 9.81. The Morgan fingerprint density at radius 1 is 1.47 bits per heavy atom. The van der Waals surface area contributed by atoms with E-state index >= 15 is 0 Å². The molecule has 1 rings (SSSR count). The Kier molecular flexibility index (Phi) is 5.20. The predicted octanol–water partition coefficient (Wildman–Crippen LogP) is 1.99.